The Morgan fingerprint density at radius 2 is 1.57 bits per heavy atom. The minimum atomic E-state index is 0.120. The number of aromatic nitrogens is 5. The van der Waals surface area contributed by atoms with Crippen LogP contribution >= 0.6 is 11.8 Å². The molecule has 4 rings (SSSR count). The van der Waals surface area contributed by atoms with Crippen molar-refractivity contribution >= 4 is 23.7 Å². The lowest BCUT2D eigenvalue weighted by molar-refractivity contribution is 0.896. The number of benzene rings is 2. The molecule has 7 nitrogen and oxygen atoms in total. The van der Waals surface area contributed by atoms with Gasteiger partial charge in [0.05, 0.1) is 17.6 Å². The highest BCUT2D eigenvalue weighted by atomic mass is 32.2. The zero-order valence-corrected chi connectivity index (χ0v) is 16.1. The molecular formula is C20H19N7S. The maximum atomic E-state index is 5.67. The monoisotopic (exact) mass is 389 g/mol. The second-order valence-corrected chi connectivity index (χ2v) is 7.16. The van der Waals surface area contributed by atoms with Gasteiger partial charge in [-0.2, -0.15) is 15.0 Å². The van der Waals surface area contributed by atoms with Crippen LogP contribution < -0.4 is 11.5 Å². The number of anilines is 2. The van der Waals surface area contributed by atoms with Crippen molar-refractivity contribution in [2.45, 2.75) is 17.8 Å². The van der Waals surface area contributed by atoms with Crippen LogP contribution in [0.4, 0.5) is 11.9 Å². The first-order valence-electron chi connectivity index (χ1n) is 8.69. The molecule has 0 radical (unpaired) electrons. The zero-order chi connectivity index (χ0) is 19.5. The molecule has 0 saturated heterocycles. The lowest BCUT2D eigenvalue weighted by atomic mass is 10.1. The van der Waals surface area contributed by atoms with Gasteiger partial charge in [0.2, 0.25) is 11.9 Å². The van der Waals surface area contributed by atoms with E-state index in [1.807, 2.05) is 24.4 Å². The van der Waals surface area contributed by atoms with Gasteiger partial charge >= 0.3 is 0 Å². The number of thioether (sulfide) groups is 1. The third-order valence-electron chi connectivity index (χ3n) is 4.14. The summed E-state index contributed by atoms with van der Waals surface area (Å²) in [6.07, 6.45) is 1.89. The van der Waals surface area contributed by atoms with E-state index in [-0.39, 0.29) is 11.9 Å². The Morgan fingerprint density at radius 3 is 2.25 bits per heavy atom. The van der Waals surface area contributed by atoms with Gasteiger partial charge in [0.15, 0.2) is 5.16 Å². The molecule has 0 aliphatic carbocycles. The fraction of sp³-hybridized carbons (Fsp3) is 0.100. The maximum absolute atomic E-state index is 5.67. The third kappa shape index (κ3) is 3.81. The fourth-order valence-corrected chi connectivity index (χ4v) is 3.69. The summed E-state index contributed by atoms with van der Waals surface area (Å²) in [6, 6.07) is 18.5. The highest BCUT2D eigenvalue weighted by Crippen LogP contribution is 2.31. The molecule has 0 spiro atoms. The van der Waals surface area contributed by atoms with Gasteiger partial charge in [-0.1, -0.05) is 59.8 Å². The van der Waals surface area contributed by atoms with E-state index in [0.29, 0.717) is 11.6 Å². The quantitative estimate of drug-likeness (QED) is 0.503. The van der Waals surface area contributed by atoms with Crippen molar-refractivity contribution in [3.05, 3.63) is 72.2 Å². The SMILES string of the molecule is Cc1ccc(-c2cnc(SCc3nc(N)nc(N)n3)n2-c2ccccc2)cc1. The van der Waals surface area contributed by atoms with Crippen LogP contribution in [0.15, 0.2) is 66.0 Å². The minimum Gasteiger partial charge on any atom is -0.368 e. The normalized spacial score (nSPS) is 10.9. The van der Waals surface area contributed by atoms with Gasteiger partial charge in [-0.3, -0.25) is 4.57 Å². The number of nitrogens with zero attached hydrogens (tertiary/aromatic N) is 5. The molecule has 0 unspecified atom stereocenters. The number of aryl methyl sites for hydroxylation is 1. The number of nitrogen functional groups attached to an aromatic ring is 2. The average molecular weight is 389 g/mol. The number of imidazole rings is 1. The molecule has 0 atom stereocenters. The average Bonchev–Trinajstić information content (AvgIpc) is 3.11. The highest BCUT2D eigenvalue weighted by Gasteiger charge is 2.15. The van der Waals surface area contributed by atoms with E-state index in [2.05, 4.69) is 67.8 Å². The Balaban J connectivity index is 1.72. The topological polar surface area (TPSA) is 109 Å². The van der Waals surface area contributed by atoms with E-state index in [1.54, 1.807) is 0 Å². The Kier molecular flexibility index (Phi) is 4.94. The number of hydrogen-bond acceptors (Lipinski definition) is 7. The molecule has 0 fully saturated rings. The molecule has 8 heteroatoms. The predicted molar refractivity (Wildman–Crippen MR) is 112 cm³/mol. The molecule has 4 N–H and O–H groups in total. The van der Waals surface area contributed by atoms with Crippen LogP contribution in [-0.2, 0) is 5.75 Å². The van der Waals surface area contributed by atoms with E-state index in [1.165, 1.54) is 17.3 Å². The standard InChI is InChI=1S/C20H19N7S/c1-13-7-9-14(10-8-13)16-11-23-20(27(16)15-5-3-2-4-6-15)28-12-17-24-18(21)26-19(22)25-17/h2-11H,12H2,1H3,(H4,21,22,24,25,26). The summed E-state index contributed by atoms with van der Waals surface area (Å²) in [5, 5.41) is 0.833. The van der Waals surface area contributed by atoms with Crippen molar-refractivity contribution < 1.29 is 0 Å². The van der Waals surface area contributed by atoms with Gasteiger partial charge < -0.3 is 11.5 Å². The van der Waals surface area contributed by atoms with Crippen molar-refractivity contribution in [1.82, 2.24) is 24.5 Å². The van der Waals surface area contributed by atoms with Crippen molar-refractivity contribution in [3.63, 3.8) is 0 Å². The Morgan fingerprint density at radius 1 is 0.893 bits per heavy atom. The lowest BCUT2D eigenvalue weighted by Crippen LogP contribution is -2.06. The smallest absolute Gasteiger partial charge is 0.225 e. The number of hydrogen-bond donors (Lipinski definition) is 2. The molecule has 0 saturated carbocycles. The molecule has 2 heterocycles. The Bertz CT molecular complexity index is 1070. The maximum Gasteiger partial charge on any atom is 0.225 e. The van der Waals surface area contributed by atoms with Gasteiger partial charge in [0.25, 0.3) is 0 Å². The summed E-state index contributed by atoms with van der Waals surface area (Å²) in [6.45, 7) is 2.08. The summed E-state index contributed by atoms with van der Waals surface area (Å²) in [5.41, 5.74) is 15.7. The van der Waals surface area contributed by atoms with Gasteiger partial charge in [0.1, 0.15) is 5.82 Å². The van der Waals surface area contributed by atoms with Crippen molar-refractivity contribution in [1.29, 1.82) is 0 Å². The van der Waals surface area contributed by atoms with E-state index in [4.69, 9.17) is 11.5 Å². The summed E-state index contributed by atoms with van der Waals surface area (Å²) < 4.78 is 2.13. The molecule has 0 bridgehead atoms. The van der Waals surface area contributed by atoms with Crippen molar-refractivity contribution in [2.24, 2.45) is 0 Å². The van der Waals surface area contributed by atoms with E-state index < -0.39 is 0 Å². The van der Waals surface area contributed by atoms with Crippen LogP contribution in [0.1, 0.15) is 11.4 Å². The number of rotatable bonds is 5. The molecular weight excluding hydrogens is 370 g/mol. The van der Waals surface area contributed by atoms with E-state index >= 15 is 0 Å². The minimum absolute atomic E-state index is 0.120. The number of nitrogens with two attached hydrogens (primary N) is 2. The van der Waals surface area contributed by atoms with Gasteiger partial charge in [0, 0.05) is 11.3 Å². The van der Waals surface area contributed by atoms with Crippen molar-refractivity contribution in [2.75, 3.05) is 11.5 Å². The van der Waals surface area contributed by atoms with Crippen LogP contribution in [0, 0.1) is 6.92 Å². The van der Waals surface area contributed by atoms with E-state index in [0.717, 1.165) is 22.1 Å². The van der Waals surface area contributed by atoms with E-state index in [9.17, 15) is 0 Å². The zero-order valence-electron chi connectivity index (χ0n) is 15.3. The first-order chi connectivity index (χ1) is 13.6. The van der Waals surface area contributed by atoms with Crippen LogP contribution in [0.5, 0.6) is 0 Å². The van der Waals surface area contributed by atoms with Crippen LogP contribution in [0.25, 0.3) is 16.9 Å². The first kappa shape index (κ1) is 18.0. The molecule has 0 aliphatic rings. The second-order valence-electron chi connectivity index (χ2n) is 6.22. The second kappa shape index (κ2) is 7.69. The Hall–Kier alpha value is -3.39. The van der Waals surface area contributed by atoms with Gasteiger partial charge in [-0.15, -0.1) is 0 Å². The lowest BCUT2D eigenvalue weighted by Gasteiger charge is -2.12. The molecule has 0 aliphatic heterocycles. The number of para-hydroxylation sites is 1. The molecule has 140 valence electrons. The van der Waals surface area contributed by atoms with Crippen molar-refractivity contribution in [3.8, 4) is 16.9 Å². The summed E-state index contributed by atoms with van der Waals surface area (Å²) >= 11 is 1.52. The van der Waals surface area contributed by atoms with Crippen LogP contribution in [0.3, 0.4) is 0 Å². The first-order valence-corrected chi connectivity index (χ1v) is 9.67. The summed E-state index contributed by atoms with van der Waals surface area (Å²) in [5.74, 6) is 1.24. The fourth-order valence-electron chi connectivity index (χ4n) is 2.84. The largest absolute Gasteiger partial charge is 0.368 e. The van der Waals surface area contributed by atoms with Crippen LogP contribution in [0.2, 0.25) is 0 Å². The van der Waals surface area contributed by atoms with Gasteiger partial charge in [-0.25, -0.2) is 4.98 Å². The molecule has 4 aromatic rings. The summed E-state index contributed by atoms with van der Waals surface area (Å²) in [4.78, 5) is 16.7. The predicted octanol–water partition coefficient (Wildman–Crippen LogP) is 3.49. The molecule has 28 heavy (non-hydrogen) atoms. The molecule has 0 amide bonds. The molecule has 2 aromatic heterocycles. The van der Waals surface area contributed by atoms with Gasteiger partial charge in [-0.05, 0) is 19.1 Å². The van der Waals surface area contributed by atoms with Crippen LogP contribution in [-0.4, -0.2) is 24.5 Å². The Labute approximate surface area is 166 Å². The molecule has 2 aromatic carbocycles. The highest BCUT2D eigenvalue weighted by molar-refractivity contribution is 7.98. The third-order valence-corrected chi connectivity index (χ3v) is 5.09. The summed E-state index contributed by atoms with van der Waals surface area (Å²) in [7, 11) is 0.